The molecule has 0 heterocycles. The second kappa shape index (κ2) is 6.93. The van der Waals surface area contributed by atoms with Gasteiger partial charge in [0.1, 0.15) is 0 Å². The van der Waals surface area contributed by atoms with Crippen molar-refractivity contribution in [1.82, 2.24) is 5.32 Å². The normalized spacial score (nSPS) is 16.9. The molecule has 0 aromatic heterocycles. The van der Waals surface area contributed by atoms with Gasteiger partial charge in [0.2, 0.25) is 5.91 Å². The maximum Gasteiger partial charge on any atom is 0.233 e. The molecule has 4 heteroatoms. The summed E-state index contributed by atoms with van der Waals surface area (Å²) in [5.41, 5.74) is 0.693. The van der Waals surface area contributed by atoms with E-state index in [0.717, 1.165) is 17.7 Å². The summed E-state index contributed by atoms with van der Waals surface area (Å²) < 4.78 is 0. The fourth-order valence-corrected chi connectivity index (χ4v) is 3.37. The Bertz CT molecular complexity index is 495. The Morgan fingerprint density at radius 1 is 1.30 bits per heavy atom. The molecule has 108 valence electrons. The van der Waals surface area contributed by atoms with E-state index in [1.54, 1.807) is 13.0 Å². The minimum Gasteiger partial charge on any atom is -0.352 e. The molecule has 1 aliphatic carbocycles. The topological polar surface area (TPSA) is 46.2 Å². The Labute approximate surface area is 124 Å². The van der Waals surface area contributed by atoms with Crippen molar-refractivity contribution in [2.24, 2.45) is 0 Å². The van der Waals surface area contributed by atoms with Gasteiger partial charge in [0, 0.05) is 16.5 Å². The van der Waals surface area contributed by atoms with Gasteiger partial charge in [-0.25, -0.2) is 0 Å². The predicted octanol–water partition coefficient (Wildman–Crippen LogP) is 3.43. The monoisotopic (exact) mass is 291 g/mol. The average molecular weight is 291 g/mol. The zero-order chi connectivity index (χ0) is 14.5. The SMILES string of the molecule is CC(=O)c1cccc(SC(C)C(=O)NC2CCCC2)c1. The lowest BCUT2D eigenvalue weighted by Crippen LogP contribution is -2.37. The van der Waals surface area contributed by atoms with E-state index in [0.29, 0.717) is 11.6 Å². The van der Waals surface area contributed by atoms with E-state index in [1.807, 2.05) is 25.1 Å². The molecule has 1 unspecified atom stereocenters. The first-order valence-electron chi connectivity index (χ1n) is 7.14. The van der Waals surface area contributed by atoms with Crippen LogP contribution in [0.15, 0.2) is 29.2 Å². The van der Waals surface area contributed by atoms with Crippen LogP contribution in [0.3, 0.4) is 0 Å². The molecular weight excluding hydrogens is 270 g/mol. The van der Waals surface area contributed by atoms with Crippen LogP contribution in [0.25, 0.3) is 0 Å². The van der Waals surface area contributed by atoms with Gasteiger partial charge >= 0.3 is 0 Å². The molecule has 0 spiro atoms. The van der Waals surface area contributed by atoms with Crippen LogP contribution >= 0.6 is 11.8 Å². The van der Waals surface area contributed by atoms with Gasteiger partial charge in [-0.15, -0.1) is 11.8 Å². The Morgan fingerprint density at radius 2 is 2.00 bits per heavy atom. The van der Waals surface area contributed by atoms with E-state index >= 15 is 0 Å². The summed E-state index contributed by atoms with van der Waals surface area (Å²) in [6.45, 7) is 3.47. The van der Waals surface area contributed by atoms with Crippen LogP contribution < -0.4 is 5.32 Å². The van der Waals surface area contributed by atoms with Gasteiger partial charge in [-0.1, -0.05) is 25.0 Å². The summed E-state index contributed by atoms with van der Waals surface area (Å²) in [6, 6.07) is 7.81. The highest BCUT2D eigenvalue weighted by Gasteiger charge is 2.21. The van der Waals surface area contributed by atoms with E-state index in [9.17, 15) is 9.59 Å². The second-order valence-corrected chi connectivity index (χ2v) is 6.75. The summed E-state index contributed by atoms with van der Waals surface area (Å²) in [4.78, 5) is 24.4. The van der Waals surface area contributed by atoms with Gasteiger partial charge in [0.05, 0.1) is 5.25 Å². The van der Waals surface area contributed by atoms with E-state index in [2.05, 4.69) is 5.32 Å². The van der Waals surface area contributed by atoms with Gasteiger partial charge in [-0.05, 0) is 38.8 Å². The Kier molecular flexibility index (Phi) is 5.24. The number of hydrogen-bond acceptors (Lipinski definition) is 3. The predicted molar refractivity (Wildman–Crippen MR) is 82.2 cm³/mol. The molecule has 0 aliphatic heterocycles. The maximum absolute atomic E-state index is 12.1. The highest BCUT2D eigenvalue weighted by atomic mass is 32.2. The number of carbonyl (C=O) groups excluding carboxylic acids is 2. The van der Waals surface area contributed by atoms with Crippen molar-refractivity contribution in [2.75, 3.05) is 0 Å². The summed E-state index contributed by atoms with van der Waals surface area (Å²) in [7, 11) is 0. The molecule has 1 aliphatic rings. The van der Waals surface area contributed by atoms with Crippen molar-refractivity contribution >= 4 is 23.5 Å². The van der Waals surface area contributed by atoms with Gasteiger partial charge in [-0.3, -0.25) is 9.59 Å². The number of nitrogens with one attached hydrogen (secondary N) is 1. The molecule has 0 saturated heterocycles. The summed E-state index contributed by atoms with van der Waals surface area (Å²) in [5, 5.41) is 2.97. The van der Waals surface area contributed by atoms with Crippen molar-refractivity contribution < 1.29 is 9.59 Å². The molecule has 1 saturated carbocycles. The first-order chi connectivity index (χ1) is 9.56. The lowest BCUT2D eigenvalue weighted by Gasteiger charge is -2.16. The lowest BCUT2D eigenvalue weighted by atomic mass is 10.2. The van der Waals surface area contributed by atoms with Crippen LogP contribution in [0.4, 0.5) is 0 Å². The molecule has 0 bridgehead atoms. The fraction of sp³-hybridized carbons (Fsp3) is 0.500. The number of benzene rings is 1. The number of hydrogen-bond donors (Lipinski definition) is 1. The molecule has 1 aromatic rings. The molecule has 0 radical (unpaired) electrons. The largest absolute Gasteiger partial charge is 0.352 e. The van der Waals surface area contributed by atoms with Crippen molar-refractivity contribution in [2.45, 2.75) is 55.7 Å². The van der Waals surface area contributed by atoms with E-state index in [1.165, 1.54) is 24.6 Å². The van der Waals surface area contributed by atoms with Crippen LogP contribution in [0.5, 0.6) is 0 Å². The van der Waals surface area contributed by atoms with Gasteiger partial charge in [0.25, 0.3) is 0 Å². The summed E-state index contributed by atoms with van der Waals surface area (Å²) in [6.07, 6.45) is 4.63. The van der Waals surface area contributed by atoms with Gasteiger partial charge in [0.15, 0.2) is 5.78 Å². The number of rotatable bonds is 5. The van der Waals surface area contributed by atoms with Crippen LogP contribution in [0.1, 0.15) is 49.9 Å². The molecule has 1 N–H and O–H groups in total. The Hall–Kier alpha value is -1.29. The highest BCUT2D eigenvalue weighted by Crippen LogP contribution is 2.25. The first-order valence-corrected chi connectivity index (χ1v) is 8.02. The van der Waals surface area contributed by atoms with E-state index in [4.69, 9.17) is 0 Å². The molecule has 20 heavy (non-hydrogen) atoms. The third-order valence-corrected chi connectivity index (χ3v) is 4.72. The van der Waals surface area contributed by atoms with E-state index < -0.39 is 0 Å². The second-order valence-electron chi connectivity index (χ2n) is 5.33. The average Bonchev–Trinajstić information content (AvgIpc) is 2.91. The van der Waals surface area contributed by atoms with E-state index in [-0.39, 0.29) is 16.9 Å². The summed E-state index contributed by atoms with van der Waals surface area (Å²) in [5.74, 6) is 0.144. The molecule has 1 fully saturated rings. The fourth-order valence-electron chi connectivity index (χ4n) is 2.43. The van der Waals surface area contributed by atoms with Crippen LogP contribution in [0.2, 0.25) is 0 Å². The molecule has 3 nitrogen and oxygen atoms in total. The molecule has 1 aromatic carbocycles. The minimum absolute atomic E-state index is 0.0514. The first kappa shape index (κ1) is 15.1. The lowest BCUT2D eigenvalue weighted by molar-refractivity contribution is -0.120. The Morgan fingerprint density at radius 3 is 2.65 bits per heavy atom. The maximum atomic E-state index is 12.1. The number of ketones is 1. The number of thioether (sulfide) groups is 1. The quantitative estimate of drug-likeness (QED) is 0.668. The van der Waals surface area contributed by atoms with Crippen molar-refractivity contribution in [1.29, 1.82) is 0 Å². The number of carbonyl (C=O) groups is 2. The Balaban J connectivity index is 1.92. The van der Waals surface area contributed by atoms with Crippen LogP contribution in [-0.2, 0) is 4.79 Å². The highest BCUT2D eigenvalue weighted by molar-refractivity contribution is 8.00. The zero-order valence-electron chi connectivity index (χ0n) is 12.0. The summed E-state index contributed by atoms with van der Waals surface area (Å²) >= 11 is 1.50. The van der Waals surface area contributed by atoms with Crippen molar-refractivity contribution in [3.63, 3.8) is 0 Å². The number of amides is 1. The van der Waals surface area contributed by atoms with Crippen molar-refractivity contribution in [3.05, 3.63) is 29.8 Å². The molecule has 1 amide bonds. The van der Waals surface area contributed by atoms with Gasteiger partial charge < -0.3 is 5.32 Å². The number of Topliss-reactive ketones (excluding diaryl/α,β-unsaturated/α-hetero) is 1. The van der Waals surface area contributed by atoms with Gasteiger partial charge in [-0.2, -0.15) is 0 Å². The van der Waals surface area contributed by atoms with Crippen molar-refractivity contribution in [3.8, 4) is 0 Å². The standard InChI is InChI=1S/C16H21NO2S/c1-11(18)13-6-5-9-15(10-13)20-12(2)16(19)17-14-7-3-4-8-14/h5-6,9-10,12,14H,3-4,7-8H2,1-2H3,(H,17,19). The van der Waals surface area contributed by atoms with Crippen LogP contribution in [-0.4, -0.2) is 23.0 Å². The smallest absolute Gasteiger partial charge is 0.233 e. The third kappa shape index (κ3) is 4.10. The third-order valence-electron chi connectivity index (χ3n) is 3.62. The molecule has 1 atom stereocenters. The zero-order valence-corrected chi connectivity index (χ0v) is 12.8. The minimum atomic E-state index is -0.141. The molecular formula is C16H21NO2S. The molecule has 2 rings (SSSR count). The van der Waals surface area contributed by atoms with Crippen LogP contribution in [0, 0.1) is 0 Å².